The minimum Gasteiger partial charge on any atom is -0.456 e. The first kappa shape index (κ1) is 22.7. The number of aromatic nitrogens is 1. The van der Waals surface area contributed by atoms with E-state index >= 15 is 0 Å². The lowest BCUT2D eigenvalue weighted by atomic mass is 9.81. The molecule has 5 aromatic carbocycles. The molecule has 1 heterocycles. The second-order valence-electron chi connectivity index (χ2n) is 11.0. The van der Waals surface area contributed by atoms with Gasteiger partial charge in [-0.1, -0.05) is 92.2 Å². The monoisotopic (exact) mass is 491 g/mol. The maximum Gasteiger partial charge on any atom is 0.143 e. The molecule has 1 aliphatic carbocycles. The summed E-state index contributed by atoms with van der Waals surface area (Å²) in [6.45, 7) is 8.88. The number of hydrogen-bond donors (Lipinski definition) is 0. The lowest BCUT2D eigenvalue weighted by Crippen LogP contribution is -2.14. The van der Waals surface area contributed by atoms with Gasteiger partial charge in [0.1, 0.15) is 11.5 Å². The first-order valence-corrected chi connectivity index (χ1v) is 13.2. The van der Waals surface area contributed by atoms with E-state index in [1.807, 2.05) is 12.4 Å². The molecule has 0 bridgehead atoms. The summed E-state index contributed by atoms with van der Waals surface area (Å²) in [4.78, 5) is 4.56. The highest BCUT2D eigenvalue weighted by atomic mass is 16.5. The van der Waals surface area contributed by atoms with E-state index in [0.29, 0.717) is 0 Å². The van der Waals surface area contributed by atoms with E-state index in [1.54, 1.807) is 0 Å². The minimum absolute atomic E-state index is 0.0577. The summed E-state index contributed by atoms with van der Waals surface area (Å²) in [5.41, 5.74) is 10.1. The predicted octanol–water partition coefficient (Wildman–Crippen LogP) is 9.77. The molecule has 0 radical (unpaired) electrons. The van der Waals surface area contributed by atoms with E-state index in [-0.39, 0.29) is 5.41 Å². The second-order valence-corrected chi connectivity index (χ2v) is 11.0. The molecule has 0 spiro atoms. The molecule has 0 atom stereocenters. The first-order valence-electron chi connectivity index (χ1n) is 13.2. The normalized spacial score (nSPS) is 13.5. The summed E-state index contributed by atoms with van der Waals surface area (Å²) in [7, 11) is 0. The Hall–Kier alpha value is -4.43. The Morgan fingerprint density at radius 2 is 1.39 bits per heavy atom. The molecule has 0 aliphatic heterocycles. The van der Waals surface area contributed by atoms with Gasteiger partial charge in [-0.2, -0.15) is 0 Å². The minimum atomic E-state index is -0.0577. The van der Waals surface area contributed by atoms with Gasteiger partial charge in [-0.05, 0) is 76.4 Å². The second kappa shape index (κ2) is 8.29. The number of nitrogens with zero attached hydrogens (tertiary/aromatic N) is 1. The average Bonchev–Trinajstić information content (AvgIpc) is 3.16. The summed E-state index contributed by atoms with van der Waals surface area (Å²) in [6, 6.07) is 32.8. The van der Waals surface area contributed by atoms with Crippen LogP contribution in [0.25, 0.3) is 43.8 Å². The number of hydrogen-bond acceptors (Lipinski definition) is 2. The van der Waals surface area contributed by atoms with Crippen LogP contribution in [0.4, 0.5) is 0 Å². The Morgan fingerprint density at radius 1 is 0.658 bits per heavy atom. The molecule has 0 fully saturated rings. The smallest absolute Gasteiger partial charge is 0.143 e. The highest BCUT2D eigenvalue weighted by molar-refractivity contribution is 6.17. The Balaban J connectivity index is 1.49. The molecule has 0 saturated heterocycles. The molecule has 2 nitrogen and oxygen atoms in total. The van der Waals surface area contributed by atoms with Crippen molar-refractivity contribution in [2.24, 2.45) is 0 Å². The van der Waals surface area contributed by atoms with Crippen LogP contribution in [0.1, 0.15) is 36.1 Å². The van der Waals surface area contributed by atoms with Gasteiger partial charge in [0.05, 0.1) is 0 Å². The lowest BCUT2D eigenvalue weighted by Gasteiger charge is -2.23. The van der Waals surface area contributed by atoms with Crippen molar-refractivity contribution in [2.45, 2.75) is 33.1 Å². The third-order valence-electron chi connectivity index (χ3n) is 8.19. The molecule has 184 valence electrons. The molecule has 0 saturated carbocycles. The van der Waals surface area contributed by atoms with Crippen molar-refractivity contribution < 1.29 is 4.74 Å². The van der Waals surface area contributed by atoms with E-state index in [1.165, 1.54) is 44.3 Å². The predicted molar refractivity (Wildman–Crippen MR) is 158 cm³/mol. The highest BCUT2D eigenvalue weighted by Crippen LogP contribution is 2.51. The van der Waals surface area contributed by atoms with Gasteiger partial charge in [-0.3, -0.25) is 4.98 Å². The van der Waals surface area contributed by atoms with Crippen LogP contribution in [-0.4, -0.2) is 4.98 Å². The van der Waals surface area contributed by atoms with Crippen molar-refractivity contribution in [1.29, 1.82) is 0 Å². The van der Waals surface area contributed by atoms with Gasteiger partial charge in [0.15, 0.2) is 0 Å². The Kier molecular flexibility index (Phi) is 4.96. The zero-order chi connectivity index (χ0) is 26.0. The van der Waals surface area contributed by atoms with Crippen molar-refractivity contribution >= 4 is 21.5 Å². The van der Waals surface area contributed by atoms with Crippen LogP contribution in [0.5, 0.6) is 11.5 Å². The van der Waals surface area contributed by atoms with Crippen LogP contribution in [0.15, 0.2) is 103 Å². The van der Waals surface area contributed by atoms with Gasteiger partial charge >= 0.3 is 0 Å². The highest BCUT2D eigenvalue weighted by Gasteiger charge is 2.35. The van der Waals surface area contributed by atoms with Crippen LogP contribution in [0.2, 0.25) is 0 Å². The van der Waals surface area contributed by atoms with Crippen molar-refractivity contribution in [3.63, 3.8) is 0 Å². The van der Waals surface area contributed by atoms with Crippen LogP contribution in [-0.2, 0) is 5.41 Å². The molecule has 1 aliphatic rings. The van der Waals surface area contributed by atoms with Crippen molar-refractivity contribution in [3.8, 4) is 33.8 Å². The quantitative estimate of drug-likeness (QED) is 0.230. The number of rotatable bonds is 3. The van der Waals surface area contributed by atoms with Crippen LogP contribution >= 0.6 is 0 Å². The van der Waals surface area contributed by atoms with E-state index < -0.39 is 0 Å². The van der Waals surface area contributed by atoms with E-state index in [0.717, 1.165) is 33.2 Å². The lowest BCUT2D eigenvalue weighted by molar-refractivity contribution is 0.489. The van der Waals surface area contributed by atoms with E-state index in [4.69, 9.17) is 4.74 Å². The molecule has 38 heavy (non-hydrogen) atoms. The van der Waals surface area contributed by atoms with Gasteiger partial charge in [0.25, 0.3) is 0 Å². The first-order chi connectivity index (χ1) is 18.4. The van der Waals surface area contributed by atoms with E-state index in [9.17, 15) is 0 Å². The van der Waals surface area contributed by atoms with Gasteiger partial charge in [-0.25, -0.2) is 0 Å². The summed E-state index contributed by atoms with van der Waals surface area (Å²) >= 11 is 0. The Morgan fingerprint density at radius 3 is 2.24 bits per heavy atom. The molecular weight excluding hydrogens is 462 g/mol. The zero-order valence-electron chi connectivity index (χ0n) is 22.2. The number of benzene rings is 5. The Labute approximate surface area is 223 Å². The topological polar surface area (TPSA) is 22.1 Å². The molecule has 0 unspecified atom stereocenters. The van der Waals surface area contributed by atoms with E-state index in [2.05, 4.69) is 124 Å². The Bertz CT molecular complexity index is 1840. The fourth-order valence-corrected chi connectivity index (χ4v) is 6.29. The number of aryl methyl sites for hydroxylation is 2. The van der Waals surface area contributed by atoms with Crippen molar-refractivity contribution in [1.82, 2.24) is 4.98 Å². The maximum atomic E-state index is 6.70. The number of ether oxygens (including phenoxy) is 1. The molecule has 6 aromatic rings. The molecule has 7 rings (SSSR count). The van der Waals surface area contributed by atoms with Gasteiger partial charge < -0.3 is 4.74 Å². The van der Waals surface area contributed by atoms with Crippen LogP contribution < -0.4 is 4.74 Å². The summed E-state index contributed by atoms with van der Waals surface area (Å²) in [6.07, 6.45) is 3.84. The number of fused-ring (bicyclic) bond motifs is 5. The van der Waals surface area contributed by atoms with Gasteiger partial charge in [-0.15, -0.1) is 0 Å². The molecule has 0 N–H and O–H groups in total. The molecule has 1 aromatic heterocycles. The van der Waals surface area contributed by atoms with Crippen LogP contribution in [0, 0.1) is 13.8 Å². The maximum absolute atomic E-state index is 6.70. The average molecular weight is 492 g/mol. The summed E-state index contributed by atoms with van der Waals surface area (Å²) in [5, 5.41) is 4.43. The van der Waals surface area contributed by atoms with Gasteiger partial charge in [0, 0.05) is 34.0 Å². The third kappa shape index (κ3) is 3.30. The fourth-order valence-electron chi connectivity index (χ4n) is 6.29. The number of pyridine rings is 1. The van der Waals surface area contributed by atoms with Crippen molar-refractivity contribution in [2.75, 3.05) is 0 Å². The summed E-state index contributed by atoms with van der Waals surface area (Å²) < 4.78 is 6.70. The van der Waals surface area contributed by atoms with Crippen molar-refractivity contribution in [3.05, 3.63) is 126 Å². The molecule has 2 heteroatoms. The zero-order valence-corrected chi connectivity index (χ0v) is 22.2. The standard InChI is InChI=1S/C36H29NO/c1-22-13-16-33(23(2)19-22)38-35-28-11-6-5-10-27(28)34(30-21-37-18-17-29(30)35)24-14-15-26-25-9-7-8-12-31(25)36(3,4)32(26)20-24/h5-21H,1-4H3. The molecule has 0 amide bonds. The fraction of sp³-hybridized carbons (Fsp3) is 0.139. The SMILES string of the molecule is Cc1ccc(Oc2c3ccccc3c(-c3ccc4c(c3)C(C)(C)c3ccccc3-4)c3cnccc23)c(C)c1. The van der Waals surface area contributed by atoms with Crippen LogP contribution in [0.3, 0.4) is 0 Å². The van der Waals surface area contributed by atoms with Gasteiger partial charge in [0.2, 0.25) is 0 Å². The molecular formula is C36H29NO. The summed E-state index contributed by atoms with van der Waals surface area (Å²) in [5.74, 6) is 1.76. The largest absolute Gasteiger partial charge is 0.456 e. The third-order valence-corrected chi connectivity index (χ3v) is 8.19.